The van der Waals surface area contributed by atoms with Gasteiger partial charge in [0.05, 0.1) is 6.54 Å². The molecule has 3 rings (SSSR count). The number of aromatic nitrogens is 1. The minimum Gasteiger partial charge on any atom is -0.379 e. The maximum Gasteiger partial charge on any atom is 0.223 e. The molecule has 1 aromatic carbocycles. The van der Waals surface area contributed by atoms with Crippen LogP contribution < -0.4 is 10.2 Å². The quantitative estimate of drug-likeness (QED) is 0.929. The molecular formula is C16H19N3O. The van der Waals surface area contributed by atoms with E-state index >= 15 is 0 Å². The molecule has 0 fully saturated rings. The number of carbonyl (C=O) groups excluding carboxylic acids is 1. The lowest BCUT2D eigenvalue weighted by Crippen LogP contribution is -2.25. The van der Waals surface area contributed by atoms with Gasteiger partial charge in [-0.05, 0) is 42.3 Å². The van der Waals surface area contributed by atoms with Crippen molar-refractivity contribution in [2.45, 2.75) is 19.9 Å². The fourth-order valence-corrected chi connectivity index (χ4v) is 2.71. The fraction of sp³-hybridized carbons (Fsp3) is 0.312. The van der Waals surface area contributed by atoms with Crippen LogP contribution >= 0.6 is 0 Å². The number of benzene rings is 1. The van der Waals surface area contributed by atoms with Gasteiger partial charge >= 0.3 is 0 Å². The molecule has 2 aromatic rings. The summed E-state index contributed by atoms with van der Waals surface area (Å²) in [6.07, 6.45) is 2.99. The van der Waals surface area contributed by atoms with Crippen molar-refractivity contribution < 1.29 is 4.79 Å². The molecular weight excluding hydrogens is 250 g/mol. The Balaban J connectivity index is 1.74. The number of fused-ring (bicyclic) bond motifs is 1. The minimum absolute atomic E-state index is 0.119. The topological polar surface area (TPSA) is 37.3 Å². The Morgan fingerprint density at radius 2 is 2.20 bits per heavy atom. The van der Waals surface area contributed by atoms with Gasteiger partial charge in [-0.15, -0.1) is 0 Å². The van der Waals surface area contributed by atoms with E-state index in [2.05, 4.69) is 22.0 Å². The molecule has 1 aromatic heterocycles. The highest BCUT2D eigenvalue weighted by Gasteiger charge is 2.21. The van der Waals surface area contributed by atoms with Gasteiger partial charge in [0.15, 0.2) is 0 Å². The van der Waals surface area contributed by atoms with Crippen LogP contribution in [0.1, 0.15) is 18.2 Å². The third kappa shape index (κ3) is 2.29. The zero-order valence-corrected chi connectivity index (χ0v) is 11.9. The van der Waals surface area contributed by atoms with Crippen LogP contribution in [0.15, 0.2) is 36.5 Å². The second kappa shape index (κ2) is 5.04. The SMILES string of the molecule is CC(=O)N1CCc2cc(NCc3cccn3C)ccc21. The summed E-state index contributed by atoms with van der Waals surface area (Å²) in [6.45, 7) is 3.22. The summed E-state index contributed by atoms with van der Waals surface area (Å²) in [5, 5.41) is 3.44. The fourth-order valence-electron chi connectivity index (χ4n) is 2.71. The van der Waals surface area contributed by atoms with Crippen molar-refractivity contribution in [3.05, 3.63) is 47.8 Å². The average Bonchev–Trinajstić information content (AvgIpc) is 3.02. The first-order chi connectivity index (χ1) is 9.65. The summed E-state index contributed by atoms with van der Waals surface area (Å²) < 4.78 is 2.11. The van der Waals surface area contributed by atoms with Crippen molar-refractivity contribution >= 4 is 17.3 Å². The molecule has 104 valence electrons. The molecule has 0 saturated heterocycles. The summed E-state index contributed by atoms with van der Waals surface area (Å²) in [5.41, 5.74) is 4.66. The van der Waals surface area contributed by atoms with Gasteiger partial charge in [0, 0.05) is 43.8 Å². The summed E-state index contributed by atoms with van der Waals surface area (Å²) in [5.74, 6) is 0.119. The van der Waals surface area contributed by atoms with E-state index in [-0.39, 0.29) is 5.91 Å². The molecule has 0 aliphatic carbocycles. The Kier molecular flexibility index (Phi) is 3.22. The van der Waals surface area contributed by atoms with E-state index in [4.69, 9.17) is 0 Å². The van der Waals surface area contributed by atoms with Gasteiger partial charge in [-0.2, -0.15) is 0 Å². The molecule has 1 N–H and O–H groups in total. The standard InChI is InChI=1S/C16H19N3O/c1-12(20)19-9-7-13-10-14(5-6-16(13)19)17-11-15-4-3-8-18(15)2/h3-6,8,10,17H,7,9,11H2,1-2H3. The molecule has 20 heavy (non-hydrogen) atoms. The maximum absolute atomic E-state index is 11.5. The van der Waals surface area contributed by atoms with Crippen LogP contribution in [-0.2, 0) is 24.8 Å². The number of hydrogen-bond acceptors (Lipinski definition) is 2. The lowest BCUT2D eigenvalue weighted by Gasteiger charge is -2.15. The van der Waals surface area contributed by atoms with Crippen LogP contribution in [0.25, 0.3) is 0 Å². The van der Waals surface area contributed by atoms with E-state index in [0.29, 0.717) is 0 Å². The van der Waals surface area contributed by atoms with Gasteiger partial charge in [0.2, 0.25) is 5.91 Å². The van der Waals surface area contributed by atoms with E-state index in [1.807, 2.05) is 36.3 Å². The third-order valence-electron chi connectivity index (χ3n) is 3.88. The number of nitrogens with zero attached hydrogens (tertiary/aromatic N) is 2. The lowest BCUT2D eigenvalue weighted by atomic mass is 10.1. The Morgan fingerprint density at radius 1 is 1.35 bits per heavy atom. The summed E-state index contributed by atoms with van der Waals surface area (Å²) in [4.78, 5) is 13.4. The van der Waals surface area contributed by atoms with Crippen molar-refractivity contribution in [3.8, 4) is 0 Å². The maximum atomic E-state index is 11.5. The van der Waals surface area contributed by atoms with E-state index in [1.165, 1.54) is 11.3 Å². The zero-order valence-electron chi connectivity index (χ0n) is 11.9. The highest BCUT2D eigenvalue weighted by molar-refractivity contribution is 5.94. The molecule has 0 spiro atoms. The Morgan fingerprint density at radius 3 is 2.90 bits per heavy atom. The van der Waals surface area contributed by atoms with E-state index < -0.39 is 0 Å². The molecule has 0 bridgehead atoms. The molecule has 0 unspecified atom stereocenters. The second-order valence-electron chi connectivity index (χ2n) is 5.23. The van der Waals surface area contributed by atoms with Crippen LogP contribution in [0.3, 0.4) is 0 Å². The van der Waals surface area contributed by atoms with E-state index in [1.54, 1.807) is 6.92 Å². The number of carbonyl (C=O) groups is 1. The van der Waals surface area contributed by atoms with Crippen LogP contribution in [0.2, 0.25) is 0 Å². The van der Waals surface area contributed by atoms with Gasteiger partial charge in [0.1, 0.15) is 0 Å². The molecule has 1 amide bonds. The highest BCUT2D eigenvalue weighted by atomic mass is 16.2. The van der Waals surface area contributed by atoms with E-state index in [0.717, 1.165) is 30.9 Å². The number of amides is 1. The van der Waals surface area contributed by atoms with Gasteiger partial charge in [0.25, 0.3) is 0 Å². The number of nitrogens with one attached hydrogen (secondary N) is 1. The number of aryl methyl sites for hydroxylation is 1. The number of rotatable bonds is 3. The Bertz CT molecular complexity index is 645. The predicted octanol–water partition coefficient (Wildman–Crippen LogP) is 2.55. The molecule has 1 aliphatic rings. The summed E-state index contributed by atoms with van der Waals surface area (Å²) in [6, 6.07) is 10.4. The van der Waals surface area contributed by atoms with Crippen LogP contribution in [0, 0.1) is 0 Å². The Labute approximate surface area is 119 Å². The second-order valence-corrected chi connectivity index (χ2v) is 5.23. The summed E-state index contributed by atoms with van der Waals surface area (Å²) in [7, 11) is 2.05. The molecule has 1 aliphatic heterocycles. The third-order valence-corrected chi connectivity index (χ3v) is 3.88. The van der Waals surface area contributed by atoms with Crippen molar-refractivity contribution in [2.24, 2.45) is 7.05 Å². The van der Waals surface area contributed by atoms with Crippen molar-refractivity contribution in [2.75, 3.05) is 16.8 Å². The molecule has 4 nitrogen and oxygen atoms in total. The normalized spacial score (nSPS) is 13.4. The van der Waals surface area contributed by atoms with Crippen molar-refractivity contribution in [1.29, 1.82) is 0 Å². The number of hydrogen-bond donors (Lipinski definition) is 1. The zero-order chi connectivity index (χ0) is 14.1. The first-order valence-electron chi connectivity index (χ1n) is 6.90. The van der Waals surface area contributed by atoms with Crippen LogP contribution in [-0.4, -0.2) is 17.0 Å². The predicted molar refractivity (Wildman–Crippen MR) is 80.9 cm³/mol. The average molecular weight is 269 g/mol. The molecule has 0 radical (unpaired) electrons. The monoisotopic (exact) mass is 269 g/mol. The largest absolute Gasteiger partial charge is 0.379 e. The molecule has 2 heterocycles. The van der Waals surface area contributed by atoms with E-state index in [9.17, 15) is 4.79 Å². The number of anilines is 2. The van der Waals surface area contributed by atoms with Crippen molar-refractivity contribution in [1.82, 2.24) is 4.57 Å². The van der Waals surface area contributed by atoms with Gasteiger partial charge in [-0.1, -0.05) is 0 Å². The molecule has 4 heteroatoms. The van der Waals surface area contributed by atoms with Gasteiger partial charge in [-0.3, -0.25) is 4.79 Å². The lowest BCUT2D eigenvalue weighted by molar-refractivity contribution is -0.116. The van der Waals surface area contributed by atoms with Crippen LogP contribution in [0.5, 0.6) is 0 Å². The first-order valence-corrected chi connectivity index (χ1v) is 6.90. The smallest absolute Gasteiger partial charge is 0.223 e. The molecule has 0 saturated carbocycles. The molecule has 0 atom stereocenters. The summed E-state index contributed by atoms with van der Waals surface area (Å²) >= 11 is 0. The minimum atomic E-state index is 0.119. The Hall–Kier alpha value is -2.23. The van der Waals surface area contributed by atoms with Gasteiger partial charge in [-0.25, -0.2) is 0 Å². The highest BCUT2D eigenvalue weighted by Crippen LogP contribution is 2.30. The van der Waals surface area contributed by atoms with Crippen molar-refractivity contribution in [3.63, 3.8) is 0 Å². The first kappa shape index (κ1) is 12.8. The van der Waals surface area contributed by atoms with Gasteiger partial charge < -0.3 is 14.8 Å². The van der Waals surface area contributed by atoms with Crippen LogP contribution in [0.4, 0.5) is 11.4 Å².